The molecule has 1 saturated heterocycles. The van der Waals surface area contributed by atoms with Gasteiger partial charge in [0.2, 0.25) is 0 Å². The highest BCUT2D eigenvalue weighted by Crippen LogP contribution is 2.19. The minimum atomic E-state index is 0.579. The van der Waals surface area contributed by atoms with Crippen molar-refractivity contribution in [3.8, 4) is 0 Å². The Balaban J connectivity index is 2.05. The number of likely N-dealkylation sites (tertiary alicyclic amines) is 1. The predicted octanol–water partition coefficient (Wildman–Crippen LogP) is 2.33. The molecule has 100 valence electrons. The van der Waals surface area contributed by atoms with Crippen molar-refractivity contribution in [3.05, 3.63) is 23.8 Å². The molecule has 2 heterocycles. The van der Waals surface area contributed by atoms with Crippen LogP contribution in [0, 0.1) is 13.8 Å². The lowest BCUT2D eigenvalue weighted by Gasteiger charge is -2.35. The number of hydrogen-bond acceptors (Lipinski definition) is 3. The molecular weight excluding hydrogens is 224 g/mol. The van der Waals surface area contributed by atoms with E-state index in [9.17, 15) is 0 Å². The monoisotopic (exact) mass is 248 g/mol. The van der Waals surface area contributed by atoms with E-state index in [4.69, 9.17) is 0 Å². The van der Waals surface area contributed by atoms with Crippen LogP contribution in [0.25, 0.3) is 0 Å². The Labute approximate surface area is 110 Å². The van der Waals surface area contributed by atoms with Gasteiger partial charge in [-0.05, 0) is 40.2 Å². The fourth-order valence-electron chi connectivity index (χ4n) is 2.76. The summed E-state index contributed by atoms with van der Waals surface area (Å²) in [5.74, 6) is 1.89. The highest BCUT2D eigenvalue weighted by Gasteiger charge is 2.23. The molecular formula is C14H24N4. The molecule has 4 heteroatoms. The van der Waals surface area contributed by atoms with Crippen LogP contribution in [0.1, 0.15) is 37.8 Å². The van der Waals surface area contributed by atoms with Gasteiger partial charge < -0.3 is 0 Å². The molecule has 0 radical (unpaired) electrons. The van der Waals surface area contributed by atoms with Gasteiger partial charge in [0.15, 0.2) is 0 Å². The minimum Gasteiger partial charge on any atom is -0.295 e. The highest BCUT2D eigenvalue weighted by molar-refractivity contribution is 4.95. The maximum Gasteiger partial charge on any atom is 0.147 e. The molecule has 0 bridgehead atoms. The molecule has 0 amide bonds. The standard InChI is InChI=1S/C14H24N4/c1-11(2)9-17-8-6-5-7-14(17)10-18-13(4)15-12(3)16-18/h14H,1,5-10H2,2-4H3/t14-/m1/s1. The quantitative estimate of drug-likeness (QED) is 0.767. The van der Waals surface area contributed by atoms with E-state index >= 15 is 0 Å². The van der Waals surface area contributed by atoms with Crippen molar-refractivity contribution in [2.24, 2.45) is 0 Å². The Bertz CT molecular complexity index is 421. The first-order valence-electron chi connectivity index (χ1n) is 6.82. The second-order valence-electron chi connectivity index (χ2n) is 5.47. The number of nitrogens with zero attached hydrogens (tertiary/aromatic N) is 4. The van der Waals surface area contributed by atoms with Crippen molar-refractivity contribution >= 4 is 0 Å². The Morgan fingerprint density at radius 2 is 2.17 bits per heavy atom. The molecule has 1 fully saturated rings. The molecule has 0 aliphatic carbocycles. The molecule has 2 rings (SSSR count). The average Bonchev–Trinajstić information content (AvgIpc) is 2.59. The Kier molecular flexibility index (Phi) is 4.17. The summed E-state index contributed by atoms with van der Waals surface area (Å²) < 4.78 is 2.05. The second-order valence-corrected chi connectivity index (χ2v) is 5.47. The van der Waals surface area contributed by atoms with Crippen molar-refractivity contribution in [1.82, 2.24) is 19.7 Å². The van der Waals surface area contributed by atoms with Gasteiger partial charge in [-0.1, -0.05) is 18.6 Å². The zero-order chi connectivity index (χ0) is 13.1. The van der Waals surface area contributed by atoms with E-state index in [1.54, 1.807) is 0 Å². The Morgan fingerprint density at radius 3 is 2.78 bits per heavy atom. The van der Waals surface area contributed by atoms with E-state index in [2.05, 4.69) is 33.2 Å². The third-order valence-corrected chi connectivity index (χ3v) is 3.57. The van der Waals surface area contributed by atoms with Crippen molar-refractivity contribution in [1.29, 1.82) is 0 Å². The molecule has 0 spiro atoms. The zero-order valence-electron chi connectivity index (χ0n) is 11.8. The Morgan fingerprint density at radius 1 is 1.39 bits per heavy atom. The van der Waals surface area contributed by atoms with Gasteiger partial charge in [-0.2, -0.15) is 5.10 Å². The van der Waals surface area contributed by atoms with Crippen LogP contribution in [0.4, 0.5) is 0 Å². The lowest BCUT2D eigenvalue weighted by molar-refractivity contribution is 0.141. The van der Waals surface area contributed by atoms with Crippen LogP contribution < -0.4 is 0 Å². The smallest absolute Gasteiger partial charge is 0.147 e. The fraction of sp³-hybridized carbons (Fsp3) is 0.714. The Hall–Kier alpha value is -1.16. The van der Waals surface area contributed by atoms with Crippen LogP contribution in [0.2, 0.25) is 0 Å². The SMILES string of the molecule is C=C(C)CN1CCCC[C@@H]1Cn1nc(C)nc1C. The van der Waals surface area contributed by atoms with Crippen molar-refractivity contribution in [2.45, 2.75) is 52.6 Å². The molecule has 0 aromatic carbocycles. The van der Waals surface area contributed by atoms with Gasteiger partial charge in [0, 0.05) is 12.6 Å². The van der Waals surface area contributed by atoms with E-state index in [0.717, 1.165) is 24.7 Å². The minimum absolute atomic E-state index is 0.579. The normalized spacial score (nSPS) is 21.2. The number of aromatic nitrogens is 3. The molecule has 1 aromatic heterocycles. The first-order chi connectivity index (χ1) is 8.56. The van der Waals surface area contributed by atoms with Gasteiger partial charge in [0.05, 0.1) is 6.54 Å². The second kappa shape index (κ2) is 5.65. The lowest BCUT2D eigenvalue weighted by Crippen LogP contribution is -2.43. The van der Waals surface area contributed by atoms with Gasteiger partial charge >= 0.3 is 0 Å². The maximum absolute atomic E-state index is 4.47. The number of aryl methyl sites for hydroxylation is 2. The van der Waals surface area contributed by atoms with Crippen LogP contribution in [0.5, 0.6) is 0 Å². The van der Waals surface area contributed by atoms with E-state index in [1.807, 2.05) is 13.8 Å². The van der Waals surface area contributed by atoms with Crippen LogP contribution in [0.15, 0.2) is 12.2 Å². The lowest BCUT2D eigenvalue weighted by atomic mass is 10.0. The summed E-state index contributed by atoms with van der Waals surface area (Å²) in [4.78, 5) is 6.92. The van der Waals surface area contributed by atoms with Gasteiger partial charge in [0.1, 0.15) is 11.6 Å². The van der Waals surface area contributed by atoms with Crippen LogP contribution >= 0.6 is 0 Å². The summed E-state index contributed by atoms with van der Waals surface area (Å²) in [5, 5.41) is 4.47. The van der Waals surface area contributed by atoms with Gasteiger partial charge in [-0.25, -0.2) is 9.67 Å². The van der Waals surface area contributed by atoms with Crippen molar-refractivity contribution in [3.63, 3.8) is 0 Å². The molecule has 1 aliphatic heterocycles. The predicted molar refractivity (Wildman–Crippen MR) is 73.5 cm³/mol. The summed E-state index contributed by atoms with van der Waals surface area (Å²) >= 11 is 0. The molecule has 0 N–H and O–H groups in total. The van der Waals surface area contributed by atoms with Gasteiger partial charge in [0.25, 0.3) is 0 Å². The summed E-state index contributed by atoms with van der Waals surface area (Å²) in [5.41, 5.74) is 1.24. The van der Waals surface area contributed by atoms with Gasteiger partial charge in [-0.3, -0.25) is 4.90 Å². The third-order valence-electron chi connectivity index (χ3n) is 3.57. The molecule has 0 unspecified atom stereocenters. The summed E-state index contributed by atoms with van der Waals surface area (Å²) in [6, 6.07) is 0.579. The van der Waals surface area contributed by atoms with Gasteiger partial charge in [-0.15, -0.1) is 0 Å². The largest absolute Gasteiger partial charge is 0.295 e. The van der Waals surface area contributed by atoms with Crippen LogP contribution in [-0.2, 0) is 6.54 Å². The fourth-order valence-corrected chi connectivity index (χ4v) is 2.76. The number of hydrogen-bond donors (Lipinski definition) is 0. The van der Waals surface area contributed by atoms with E-state index < -0.39 is 0 Å². The summed E-state index contributed by atoms with van der Waals surface area (Å²) in [6.07, 6.45) is 3.88. The van der Waals surface area contributed by atoms with E-state index in [-0.39, 0.29) is 0 Å². The zero-order valence-corrected chi connectivity index (χ0v) is 11.8. The molecule has 18 heavy (non-hydrogen) atoms. The molecule has 1 atom stereocenters. The molecule has 0 saturated carbocycles. The summed E-state index contributed by atoms with van der Waals surface area (Å²) in [6.45, 7) is 13.3. The van der Waals surface area contributed by atoms with Crippen LogP contribution in [-0.4, -0.2) is 38.8 Å². The topological polar surface area (TPSA) is 34.0 Å². The molecule has 4 nitrogen and oxygen atoms in total. The van der Waals surface area contributed by atoms with Crippen molar-refractivity contribution < 1.29 is 0 Å². The first-order valence-corrected chi connectivity index (χ1v) is 6.82. The van der Waals surface area contributed by atoms with E-state index in [1.165, 1.54) is 31.4 Å². The first kappa shape index (κ1) is 13.3. The van der Waals surface area contributed by atoms with Crippen LogP contribution in [0.3, 0.4) is 0 Å². The average molecular weight is 248 g/mol. The summed E-state index contributed by atoms with van der Waals surface area (Å²) in [7, 11) is 0. The molecule has 1 aromatic rings. The highest BCUT2D eigenvalue weighted by atomic mass is 15.4. The van der Waals surface area contributed by atoms with E-state index in [0.29, 0.717) is 6.04 Å². The third kappa shape index (κ3) is 3.19. The molecule has 1 aliphatic rings. The number of piperidine rings is 1. The number of rotatable bonds is 4. The maximum atomic E-state index is 4.47. The van der Waals surface area contributed by atoms with Crippen molar-refractivity contribution in [2.75, 3.05) is 13.1 Å².